The lowest BCUT2D eigenvalue weighted by Gasteiger charge is -2.04. The van der Waals surface area contributed by atoms with E-state index in [4.69, 9.17) is 0 Å². The molecule has 1 aromatic carbocycles. The van der Waals surface area contributed by atoms with Crippen LogP contribution < -0.4 is 4.57 Å². The van der Waals surface area contributed by atoms with Gasteiger partial charge in [-0.15, -0.1) is 0 Å². The Hall–Kier alpha value is -1.09. The summed E-state index contributed by atoms with van der Waals surface area (Å²) >= 11 is 3.57. The molecule has 0 spiro atoms. The number of unbranched alkanes of at least 4 members (excludes halogenated alkanes) is 5. The first-order chi connectivity index (χ1) is 10.8. The molecule has 0 bridgehead atoms. The minimum Gasteiger partial charge on any atom is -0.237 e. The molecule has 2 nitrogen and oxygen atoms in total. The highest BCUT2D eigenvalue weighted by molar-refractivity contribution is 9.08. The average molecular weight is 364 g/mol. The van der Waals surface area contributed by atoms with E-state index in [0.717, 1.165) is 18.4 Å². The molecule has 0 aliphatic rings. The Labute approximate surface area is 143 Å². The molecule has 0 N–H and O–H groups in total. The van der Waals surface area contributed by atoms with Crippen molar-refractivity contribution < 1.29 is 4.57 Å². The number of nitrogens with zero attached hydrogens (tertiary/aromatic N) is 2. The lowest BCUT2D eigenvalue weighted by molar-refractivity contribution is -0.687. The lowest BCUT2D eigenvalue weighted by atomic mass is 10.1. The summed E-state index contributed by atoms with van der Waals surface area (Å²) in [7, 11) is 0. The van der Waals surface area contributed by atoms with Crippen LogP contribution in [-0.4, -0.2) is 4.57 Å². The third-order valence-electron chi connectivity index (χ3n) is 4.13. The monoisotopic (exact) mass is 363 g/mol. The van der Waals surface area contributed by atoms with E-state index < -0.39 is 0 Å². The molecule has 1 aromatic heterocycles. The molecule has 120 valence electrons. The van der Waals surface area contributed by atoms with Gasteiger partial charge >= 0.3 is 0 Å². The topological polar surface area (TPSA) is 8.81 Å². The lowest BCUT2D eigenvalue weighted by Crippen LogP contribution is -2.32. The first kappa shape index (κ1) is 17.3. The fraction of sp³-hybridized carbons (Fsp3) is 0.526. The summed E-state index contributed by atoms with van der Waals surface area (Å²) in [6.45, 7) is 4.36. The Morgan fingerprint density at radius 2 is 1.73 bits per heavy atom. The van der Waals surface area contributed by atoms with Crippen molar-refractivity contribution in [3.63, 3.8) is 0 Å². The number of aromatic nitrogens is 2. The summed E-state index contributed by atoms with van der Waals surface area (Å²) in [4.78, 5) is 0. The maximum atomic E-state index is 3.57. The second-order valence-electron chi connectivity index (χ2n) is 5.99. The maximum Gasteiger partial charge on any atom is 0.244 e. The third kappa shape index (κ3) is 5.60. The van der Waals surface area contributed by atoms with Gasteiger partial charge in [0.25, 0.3) is 0 Å². The van der Waals surface area contributed by atoms with E-state index in [1.807, 2.05) is 0 Å². The largest absolute Gasteiger partial charge is 0.244 e. The summed E-state index contributed by atoms with van der Waals surface area (Å²) in [5.74, 6) is 0. The molecule has 0 atom stereocenters. The second-order valence-corrected chi connectivity index (χ2v) is 6.55. The van der Waals surface area contributed by atoms with Gasteiger partial charge < -0.3 is 0 Å². The fourth-order valence-electron chi connectivity index (χ4n) is 2.78. The molecule has 1 heterocycles. The van der Waals surface area contributed by atoms with Crippen molar-refractivity contribution in [1.29, 1.82) is 0 Å². The van der Waals surface area contributed by atoms with E-state index in [1.54, 1.807) is 0 Å². The number of alkyl halides is 1. The molecule has 0 unspecified atom stereocenters. The number of hydrogen-bond acceptors (Lipinski definition) is 0. The summed E-state index contributed by atoms with van der Waals surface area (Å²) in [6, 6.07) is 8.64. The molecule has 0 radical (unpaired) electrons. The Balaban J connectivity index is 1.79. The van der Waals surface area contributed by atoms with E-state index in [-0.39, 0.29) is 0 Å². The highest BCUT2D eigenvalue weighted by Crippen LogP contribution is 2.12. The van der Waals surface area contributed by atoms with Crippen molar-refractivity contribution >= 4 is 15.9 Å². The molecule has 0 saturated carbocycles. The minimum absolute atomic E-state index is 0.919. The van der Waals surface area contributed by atoms with Crippen molar-refractivity contribution in [1.82, 2.24) is 4.57 Å². The summed E-state index contributed by atoms with van der Waals surface area (Å²) in [5, 5.41) is 0.919. The Morgan fingerprint density at radius 3 is 2.50 bits per heavy atom. The van der Waals surface area contributed by atoms with Crippen molar-refractivity contribution in [3.8, 4) is 0 Å². The first-order valence-electron chi connectivity index (χ1n) is 8.51. The highest BCUT2D eigenvalue weighted by atomic mass is 79.9. The number of rotatable bonds is 10. The number of aryl methyl sites for hydroxylation is 1. The minimum atomic E-state index is 0.919. The predicted octanol–water partition coefficient (Wildman–Crippen LogP) is 5.08. The zero-order valence-electron chi connectivity index (χ0n) is 13.7. The molecule has 3 heteroatoms. The van der Waals surface area contributed by atoms with Crippen LogP contribution in [-0.2, 0) is 18.4 Å². The SMILES string of the molecule is CCCCCCCCn1cc[n+](Cc2ccccc2CBr)c1. The van der Waals surface area contributed by atoms with Crippen molar-refractivity contribution in [2.75, 3.05) is 0 Å². The van der Waals surface area contributed by atoms with Crippen LogP contribution >= 0.6 is 15.9 Å². The molecule has 22 heavy (non-hydrogen) atoms. The smallest absolute Gasteiger partial charge is 0.237 e. The third-order valence-corrected chi connectivity index (χ3v) is 4.74. The van der Waals surface area contributed by atoms with Crippen LogP contribution in [0.25, 0.3) is 0 Å². The van der Waals surface area contributed by atoms with E-state index in [2.05, 4.69) is 75.0 Å². The van der Waals surface area contributed by atoms with E-state index in [9.17, 15) is 0 Å². The van der Waals surface area contributed by atoms with Gasteiger partial charge in [0.1, 0.15) is 18.9 Å². The van der Waals surface area contributed by atoms with Crippen molar-refractivity contribution in [2.24, 2.45) is 0 Å². The van der Waals surface area contributed by atoms with Gasteiger partial charge in [0.2, 0.25) is 6.33 Å². The first-order valence-corrected chi connectivity index (χ1v) is 9.63. The Bertz CT molecular complexity index is 548. The normalized spacial score (nSPS) is 11.0. The van der Waals surface area contributed by atoms with Crippen molar-refractivity contribution in [2.45, 2.75) is 63.9 Å². The Kier molecular flexibility index (Phi) is 7.72. The van der Waals surface area contributed by atoms with Gasteiger partial charge in [-0.1, -0.05) is 72.8 Å². The van der Waals surface area contributed by atoms with Gasteiger partial charge in [-0.05, 0) is 24.0 Å². The molecule has 2 aromatic rings. The van der Waals surface area contributed by atoms with Crippen molar-refractivity contribution in [3.05, 3.63) is 54.1 Å². The molecule has 0 aliphatic carbocycles. The van der Waals surface area contributed by atoms with E-state index in [1.165, 1.54) is 49.7 Å². The van der Waals surface area contributed by atoms with Gasteiger partial charge in [0.15, 0.2) is 0 Å². The van der Waals surface area contributed by atoms with Gasteiger partial charge in [-0.3, -0.25) is 0 Å². The molecule has 0 saturated heterocycles. The van der Waals surface area contributed by atoms with Crippen LogP contribution in [0.2, 0.25) is 0 Å². The summed E-state index contributed by atoms with van der Waals surface area (Å²) < 4.78 is 4.59. The van der Waals surface area contributed by atoms with Crippen LogP contribution in [0.5, 0.6) is 0 Å². The standard InChI is InChI=1S/C19H28BrN2/c1-2-3-4-5-6-9-12-21-13-14-22(17-21)16-19-11-8-7-10-18(19)15-20/h7-8,10-11,13-14,17H,2-6,9,12,15-16H2,1H3/q+1. The van der Waals surface area contributed by atoms with Gasteiger partial charge in [-0.25, -0.2) is 9.13 Å². The summed E-state index contributed by atoms with van der Waals surface area (Å²) in [6.07, 6.45) is 14.7. The quantitative estimate of drug-likeness (QED) is 0.316. The number of halogens is 1. The van der Waals surface area contributed by atoms with Crippen LogP contribution in [0.3, 0.4) is 0 Å². The molecule has 0 amide bonds. The predicted molar refractivity (Wildman–Crippen MR) is 96.2 cm³/mol. The summed E-state index contributed by atoms with van der Waals surface area (Å²) in [5.41, 5.74) is 2.76. The molecular weight excluding hydrogens is 336 g/mol. The van der Waals surface area contributed by atoms with Gasteiger partial charge in [0, 0.05) is 5.33 Å². The van der Waals surface area contributed by atoms with Crippen LogP contribution in [0.15, 0.2) is 43.0 Å². The average Bonchev–Trinajstić information content (AvgIpc) is 2.99. The molecule has 2 rings (SSSR count). The fourth-order valence-corrected chi connectivity index (χ4v) is 3.33. The molecular formula is C19H28BrN2+. The Morgan fingerprint density at radius 1 is 1.00 bits per heavy atom. The van der Waals surface area contributed by atoms with Crippen LogP contribution in [0, 0.1) is 0 Å². The van der Waals surface area contributed by atoms with E-state index >= 15 is 0 Å². The second kappa shape index (κ2) is 9.83. The maximum absolute atomic E-state index is 3.57. The number of hydrogen-bond donors (Lipinski definition) is 0. The van der Waals surface area contributed by atoms with E-state index in [0.29, 0.717) is 0 Å². The number of imidazole rings is 1. The van der Waals surface area contributed by atoms with Gasteiger partial charge in [-0.2, -0.15) is 0 Å². The highest BCUT2D eigenvalue weighted by Gasteiger charge is 2.07. The number of benzene rings is 1. The van der Waals surface area contributed by atoms with Crippen LogP contribution in [0.1, 0.15) is 56.6 Å². The van der Waals surface area contributed by atoms with Crippen LogP contribution in [0.4, 0.5) is 0 Å². The molecule has 0 fully saturated rings. The molecule has 0 aliphatic heterocycles. The zero-order valence-corrected chi connectivity index (χ0v) is 15.3. The van der Waals surface area contributed by atoms with Gasteiger partial charge in [0.05, 0.1) is 6.54 Å². The zero-order chi connectivity index (χ0) is 15.6.